The number of nitrogens with one attached hydrogen (secondary N) is 1. The normalized spacial score (nSPS) is 11.5. The predicted octanol–water partition coefficient (Wildman–Crippen LogP) is 7.55. The van der Waals surface area contributed by atoms with Gasteiger partial charge in [-0.3, -0.25) is 4.79 Å². The van der Waals surface area contributed by atoms with E-state index in [1.165, 1.54) is 19.3 Å². The standard InChI is InChI=1S/C31H37NO4/c1-4-6-7-8-12-23(3)30(33)32-22-24-13-11-14-26(21-24)25-17-19-27(20-18-25)36-29-16-10-9-15-28(29)31(34)35-5-2/h9-11,13-21,23H,4-8,12,22H2,1-3H3,(H,32,33). The lowest BCUT2D eigenvalue weighted by atomic mass is 10.0. The van der Waals surface area contributed by atoms with Crippen LogP contribution in [0.15, 0.2) is 72.8 Å². The zero-order valence-electron chi connectivity index (χ0n) is 21.6. The van der Waals surface area contributed by atoms with Gasteiger partial charge in [0.15, 0.2) is 0 Å². The summed E-state index contributed by atoms with van der Waals surface area (Å²) in [6.45, 7) is 6.80. The van der Waals surface area contributed by atoms with Crippen LogP contribution in [0.25, 0.3) is 11.1 Å². The van der Waals surface area contributed by atoms with Crippen molar-refractivity contribution in [2.75, 3.05) is 6.61 Å². The third-order valence-electron chi connectivity index (χ3n) is 6.13. The van der Waals surface area contributed by atoms with Crippen LogP contribution >= 0.6 is 0 Å². The van der Waals surface area contributed by atoms with Gasteiger partial charge >= 0.3 is 5.97 Å². The number of hydrogen-bond donors (Lipinski definition) is 1. The molecule has 0 saturated heterocycles. The van der Waals surface area contributed by atoms with E-state index in [0.717, 1.165) is 29.5 Å². The van der Waals surface area contributed by atoms with Crippen molar-refractivity contribution in [2.45, 2.75) is 59.4 Å². The summed E-state index contributed by atoms with van der Waals surface area (Å²) in [4.78, 5) is 24.7. The molecule has 3 aromatic carbocycles. The largest absolute Gasteiger partial charge is 0.462 e. The van der Waals surface area contributed by atoms with Crippen LogP contribution < -0.4 is 10.1 Å². The fourth-order valence-corrected chi connectivity index (χ4v) is 4.01. The first kappa shape index (κ1) is 27.0. The van der Waals surface area contributed by atoms with Gasteiger partial charge in [-0.25, -0.2) is 4.79 Å². The highest BCUT2D eigenvalue weighted by atomic mass is 16.5. The summed E-state index contributed by atoms with van der Waals surface area (Å²) in [7, 11) is 0. The van der Waals surface area contributed by atoms with Crippen LogP contribution in [0.1, 0.15) is 68.8 Å². The molecule has 0 aliphatic rings. The first-order valence-corrected chi connectivity index (χ1v) is 12.9. The van der Waals surface area contributed by atoms with Crippen molar-refractivity contribution in [1.29, 1.82) is 0 Å². The van der Waals surface area contributed by atoms with E-state index in [1.807, 2.05) is 55.5 Å². The second kappa shape index (κ2) is 14.1. The molecule has 1 atom stereocenters. The van der Waals surface area contributed by atoms with Gasteiger partial charge in [0.2, 0.25) is 5.91 Å². The van der Waals surface area contributed by atoms with Gasteiger partial charge in [-0.1, -0.05) is 82.0 Å². The molecule has 1 amide bonds. The predicted molar refractivity (Wildman–Crippen MR) is 144 cm³/mol. The molecule has 1 unspecified atom stereocenters. The maximum Gasteiger partial charge on any atom is 0.341 e. The average molecular weight is 488 g/mol. The first-order valence-electron chi connectivity index (χ1n) is 12.9. The van der Waals surface area contributed by atoms with E-state index in [0.29, 0.717) is 30.2 Å². The second-order valence-corrected chi connectivity index (χ2v) is 9.01. The lowest BCUT2D eigenvalue weighted by Gasteiger charge is -2.13. The molecule has 36 heavy (non-hydrogen) atoms. The Morgan fingerprint density at radius 3 is 2.39 bits per heavy atom. The van der Waals surface area contributed by atoms with Gasteiger partial charge in [0.25, 0.3) is 0 Å². The summed E-state index contributed by atoms with van der Waals surface area (Å²) >= 11 is 0. The number of para-hydroxylation sites is 1. The Hall–Kier alpha value is -3.60. The van der Waals surface area contributed by atoms with Crippen molar-refractivity contribution in [3.63, 3.8) is 0 Å². The van der Waals surface area contributed by atoms with Crippen molar-refractivity contribution in [1.82, 2.24) is 5.32 Å². The summed E-state index contributed by atoms with van der Waals surface area (Å²) in [5.41, 5.74) is 3.56. The molecule has 0 aromatic heterocycles. The zero-order valence-corrected chi connectivity index (χ0v) is 21.6. The Morgan fingerprint density at radius 2 is 1.64 bits per heavy atom. The van der Waals surface area contributed by atoms with Crippen LogP contribution in [-0.2, 0) is 16.1 Å². The minimum atomic E-state index is -0.403. The number of hydrogen-bond acceptors (Lipinski definition) is 4. The smallest absolute Gasteiger partial charge is 0.341 e. The molecule has 0 aliphatic carbocycles. The average Bonchev–Trinajstić information content (AvgIpc) is 2.90. The number of amides is 1. The van der Waals surface area contributed by atoms with E-state index in [4.69, 9.17) is 9.47 Å². The van der Waals surface area contributed by atoms with Crippen LogP contribution in [0.2, 0.25) is 0 Å². The van der Waals surface area contributed by atoms with Gasteiger partial charge in [0, 0.05) is 12.5 Å². The molecule has 3 aromatic rings. The van der Waals surface area contributed by atoms with Crippen molar-refractivity contribution < 1.29 is 19.1 Å². The highest BCUT2D eigenvalue weighted by Crippen LogP contribution is 2.29. The monoisotopic (exact) mass is 487 g/mol. The molecule has 1 N–H and O–H groups in total. The number of carbonyl (C=O) groups is 2. The van der Waals surface area contributed by atoms with Crippen molar-refractivity contribution >= 4 is 11.9 Å². The number of unbranched alkanes of at least 4 members (excludes halogenated alkanes) is 3. The Morgan fingerprint density at radius 1 is 0.861 bits per heavy atom. The summed E-state index contributed by atoms with van der Waals surface area (Å²) in [6, 6.07) is 23.0. The highest BCUT2D eigenvalue weighted by Gasteiger charge is 2.14. The first-order chi connectivity index (χ1) is 17.5. The molecule has 0 heterocycles. The van der Waals surface area contributed by atoms with Crippen LogP contribution in [0.3, 0.4) is 0 Å². The van der Waals surface area contributed by atoms with Crippen molar-refractivity contribution in [3.05, 3.63) is 83.9 Å². The quantitative estimate of drug-likeness (QED) is 0.200. The Labute approximate surface area is 214 Å². The van der Waals surface area contributed by atoms with E-state index < -0.39 is 5.97 Å². The molecule has 190 valence electrons. The molecule has 0 radical (unpaired) electrons. The highest BCUT2D eigenvalue weighted by molar-refractivity contribution is 5.92. The number of rotatable bonds is 13. The number of carbonyl (C=O) groups excluding carboxylic acids is 2. The SMILES string of the molecule is CCCCCCC(C)C(=O)NCc1cccc(-c2ccc(Oc3ccccc3C(=O)OCC)cc2)c1. The minimum Gasteiger partial charge on any atom is -0.462 e. The molecule has 0 spiro atoms. The van der Waals surface area contributed by atoms with Crippen LogP contribution in [0.4, 0.5) is 0 Å². The molecule has 0 saturated carbocycles. The zero-order chi connectivity index (χ0) is 25.8. The van der Waals surface area contributed by atoms with E-state index in [-0.39, 0.29) is 11.8 Å². The fourth-order valence-electron chi connectivity index (χ4n) is 4.01. The molecule has 3 rings (SSSR count). The molecular weight excluding hydrogens is 450 g/mol. The summed E-state index contributed by atoms with van der Waals surface area (Å²) in [5.74, 6) is 0.834. The Balaban J connectivity index is 1.60. The lowest BCUT2D eigenvalue weighted by molar-refractivity contribution is -0.124. The molecule has 0 fully saturated rings. The third kappa shape index (κ3) is 7.98. The maximum atomic E-state index is 12.5. The lowest BCUT2D eigenvalue weighted by Crippen LogP contribution is -2.28. The van der Waals surface area contributed by atoms with Gasteiger partial charge in [0.1, 0.15) is 17.1 Å². The molecule has 5 nitrogen and oxygen atoms in total. The van der Waals surface area contributed by atoms with Crippen LogP contribution in [0, 0.1) is 5.92 Å². The molecule has 5 heteroatoms. The van der Waals surface area contributed by atoms with Gasteiger partial charge in [-0.05, 0) is 60.4 Å². The summed E-state index contributed by atoms with van der Waals surface area (Å²) < 4.78 is 11.1. The number of esters is 1. The third-order valence-corrected chi connectivity index (χ3v) is 6.13. The molecular formula is C31H37NO4. The Bertz CT molecular complexity index is 1120. The van der Waals surface area contributed by atoms with Crippen LogP contribution in [0.5, 0.6) is 11.5 Å². The van der Waals surface area contributed by atoms with E-state index >= 15 is 0 Å². The topological polar surface area (TPSA) is 64.6 Å². The van der Waals surface area contributed by atoms with Gasteiger partial charge in [0.05, 0.1) is 6.61 Å². The second-order valence-electron chi connectivity index (χ2n) is 9.01. The van der Waals surface area contributed by atoms with Gasteiger partial charge in [-0.15, -0.1) is 0 Å². The molecule has 0 aliphatic heterocycles. The Kier molecular flexibility index (Phi) is 10.6. The van der Waals surface area contributed by atoms with Crippen LogP contribution in [-0.4, -0.2) is 18.5 Å². The fraction of sp³-hybridized carbons (Fsp3) is 0.355. The van der Waals surface area contributed by atoms with Crippen molar-refractivity contribution in [2.24, 2.45) is 5.92 Å². The maximum absolute atomic E-state index is 12.5. The van der Waals surface area contributed by atoms with E-state index in [1.54, 1.807) is 25.1 Å². The van der Waals surface area contributed by atoms with Gasteiger partial charge < -0.3 is 14.8 Å². The number of benzene rings is 3. The van der Waals surface area contributed by atoms with Crippen molar-refractivity contribution in [3.8, 4) is 22.6 Å². The van der Waals surface area contributed by atoms with Gasteiger partial charge in [-0.2, -0.15) is 0 Å². The summed E-state index contributed by atoms with van der Waals surface area (Å²) in [5, 5.41) is 3.08. The number of ether oxygens (including phenoxy) is 2. The summed E-state index contributed by atoms with van der Waals surface area (Å²) in [6.07, 6.45) is 5.67. The van der Waals surface area contributed by atoms with E-state index in [9.17, 15) is 9.59 Å². The molecule has 0 bridgehead atoms. The van der Waals surface area contributed by atoms with E-state index in [2.05, 4.69) is 18.3 Å². The minimum absolute atomic E-state index is 0.0338.